The van der Waals surface area contributed by atoms with Crippen LogP contribution in [0.15, 0.2) is 35.5 Å². The van der Waals surface area contributed by atoms with Gasteiger partial charge in [0.15, 0.2) is 0 Å². The Morgan fingerprint density at radius 3 is 2.68 bits per heavy atom. The average molecular weight is 347 g/mol. The number of carbonyl (C=O) groups is 1. The highest BCUT2D eigenvalue weighted by molar-refractivity contribution is 5.66. The first-order chi connectivity index (χ1) is 11.7. The fourth-order valence-electron chi connectivity index (χ4n) is 3.73. The van der Waals surface area contributed by atoms with E-state index in [1.165, 1.54) is 12.5 Å². The lowest BCUT2D eigenvalue weighted by Gasteiger charge is -2.34. The molecule has 2 bridgehead atoms. The van der Waals surface area contributed by atoms with Crippen molar-refractivity contribution in [2.45, 2.75) is 84.3 Å². The van der Waals surface area contributed by atoms with Crippen LogP contribution in [0, 0.1) is 5.92 Å². The molecule has 1 fully saturated rings. The lowest BCUT2D eigenvalue weighted by molar-refractivity contribution is -0.139. The second kappa shape index (κ2) is 8.35. The summed E-state index contributed by atoms with van der Waals surface area (Å²) in [5.41, 5.74) is 2.19. The quantitative estimate of drug-likeness (QED) is 0.499. The highest BCUT2D eigenvalue weighted by atomic mass is 16.5. The van der Waals surface area contributed by atoms with Crippen LogP contribution in [0.2, 0.25) is 0 Å². The van der Waals surface area contributed by atoms with Crippen LogP contribution < -0.4 is 0 Å². The SMILES string of the molecule is CC(=O)OCC1=C/CC/C(C)=C/CC[C@]2(C)CC[C@](C(C)C)(\C=C\1)O2. The molecular formula is C22H34O3. The van der Waals surface area contributed by atoms with E-state index in [1.807, 2.05) is 0 Å². The molecule has 0 aliphatic carbocycles. The van der Waals surface area contributed by atoms with Gasteiger partial charge in [0.25, 0.3) is 0 Å². The largest absolute Gasteiger partial charge is 0.461 e. The molecule has 0 N–H and O–H groups in total. The zero-order valence-electron chi connectivity index (χ0n) is 16.6. The van der Waals surface area contributed by atoms with Crippen molar-refractivity contribution >= 4 is 5.97 Å². The predicted molar refractivity (Wildman–Crippen MR) is 102 cm³/mol. The summed E-state index contributed by atoms with van der Waals surface area (Å²) in [6.45, 7) is 10.7. The van der Waals surface area contributed by atoms with Crippen molar-refractivity contribution in [2.24, 2.45) is 5.92 Å². The van der Waals surface area contributed by atoms with Gasteiger partial charge in [-0.25, -0.2) is 0 Å². The van der Waals surface area contributed by atoms with Gasteiger partial charge in [0.1, 0.15) is 6.61 Å². The summed E-state index contributed by atoms with van der Waals surface area (Å²) in [5, 5.41) is 0. The van der Waals surface area contributed by atoms with Gasteiger partial charge in [0.05, 0.1) is 11.2 Å². The minimum atomic E-state index is -0.239. The van der Waals surface area contributed by atoms with Crippen LogP contribution in [0.1, 0.15) is 73.1 Å². The predicted octanol–water partition coefficient (Wildman–Crippen LogP) is 5.52. The molecule has 0 aromatic heterocycles. The van der Waals surface area contributed by atoms with Gasteiger partial charge in [-0.1, -0.05) is 43.7 Å². The van der Waals surface area contributed by atoms with E-state index in [1.54, 1.807) is 0 Å². The molecule has 140 valence electrons. The number of carbonyl (C=O) groups excluding carboxylic acids is 1. The lowest BCUT2D eigenvalue weighted by atomic mass is 9.85. The standard InChI is InChI=1S/C22H34O3/c1-17(2)22-13-11-20(16-24-19(4)23)10-6-8-18(3)9-7-12-21(5,25-22)14-15-22/h9-11,13,17H,6-8,12,14-16H2,1-5H3/b13-11+,18-9+,20-10+/t21-,22+/m1/s1. The van der Waals surface area contributed by atoms with Crippen molar-refractivity contribution < 1.29 is 14.3 Å². The van der Waals surface area contributed by atoms with E-state index in [2.05, 4.69) is 52.0 Å². The Bertz CT molecular complexity index is 570. The number of esters is 1. The monoisotopic (exact) mass is 346 g/mol. The van der Waals surface area contributed by atoms with E-state index < -0.39 is 0 Å². The topological polar surface area (TPSA) is 35.5 Å². The third-order valence-corrected chi connectivity index (χ3v) is 5.59. The normalized spacial score (nSPS) is 36.2. The number of hydrogen-bond donors (Lipinski definition) is 0. The number of allylic oxidation sites excluding steroid dienone is 3. The Kier molecular flexibility index (Phi) is 6.67. The fourth-order valence-corrected chi connectivity index (χ4v) is 3.73. The zero-order chi connectivity index (χ0) is 18.5. The van der Waals surface area contributed by atoms with Gasteiger partial charge in [-0.15, -0.1) is 0 Å². The number of ether oxygens (including phenoxy) is 2. The summed E-state index contributed by atoms with van der Waals surface area (Å²) < 4.78 is 11.9. The lowest BCUT2D eigenvalue weighted by Crippen LogP contribution is -2.36. The summed E-state index contributed by atoms with van der Waals surface area (Å²) in [4.78, 5) is 11.2. The minimum Gasteiger partial charge on any atom is -0.461 e. The van der Waals surface area contributed by atoms with Crippen molar-refractivity contribution in [1.29, 1.82) is 0 Å². The van der Waals surface area contributed by atoms with Crippen LogP contribution in [-0.4, -0.2) is 23.8 Å². The van der Waals surface area contributed by atoms with Crippen LogP contribution in [0.4, 0.5) is 0 Å². The Morgan fingerprint density at radius 1 is 1.24 bits per heavy atom. The van der Waals surface area contributed by atoms with Crippen molar-refractivity contribution in [2.75, 3.05) is 6.61 Å². The van der Waals surface area contributed by atoms with Gasteiger partial charge < -0.3 is 9.47 Å². The van der Waals surface area contributed by atoms with Crippen molar-refractivity contribution in [3.05, 3.63) is 35.5 Å². The van der Waals surface area contributed by atoms with E-state index >= 15 is 0 Å². The molecule has 0 saturated carbocycles. The Morgan fingerprint density at radius 2 is 2.00 bits per heavy atom. The van der Waals surface area contributed by atoms with Gasteiger partial charge >= 0.3 is 5.97 Å². The van der Waals surface area contributed by atoms with Crippen molar-refractivity contribution in [1.82, 2.24) is 0 Å². The molecular weight excluding hydrogens is 312 g/mol. The molecule has 1 saturated heterocycles. The van der Waals surface area contributed by atoms with E-state index in [0.29, 0.717) is 12.5 Å². The summed E-state index contributed by atoms with van der Waals surface area (Å²) in [6.07, 6.45) is 15.2. The molecule has 0 spiro atoms. The molecule has 2 atom stereocenters. The minimum absolute atomic E-state index is 0.0563. The number of hydrogen-bond acceptors (Lipinski definition) is 3. The van der Waals surface area contributed by atoms with E-state index in [4.69, 9.17) is 9.47 Å². The van der Waals surface area contributed by atoms with Crippen molar-refractivity contribution in [3.63, 3.8) is 0 Å². The van der Waals surface area contributed by atoms with Crippen LogP contribution in [0.25, 0.3) is 0 Å². The van der Waals surface area contributed by atoms with E-state index in [9.17, 15) is 4.79 Å². The highest BCUT2D eigenvalue weighted by Crippen LogP contribution is 2.45. The van der Waals surface area contributed by atoms with Gasteiger partial charge in [0.2, 0.25) is 0 Å². The Labute approximate surface area is 153 Å². The Hall–Kier alpha value is -1.35. The maximum atomic E-state index is 11.2. The summed E-state index contributed by atoms with van der Waals surface area (Å²) in [7, 11) is 0. The summed E-state index contributed by atoms with van der Waals surface area (Å²) >= 11 is 0. The first-order valence-electron chi connectivity index (χ1n) is 9.62. The molecule has 0 amide bonds. The van der Waals surface area contributed by atoms with Gasteiger partial charge in [-0.2, -0.15) is 0 Å². The molecule has 2 heterocycles. The molecule has 2 rings (SSSR count). The van der Waals surface area contributed by atoms with Crippen LogP contribution in [-0.2, 0) is 14.3 Å². The smallest absolute Gasteiger partial charge is 0.302 e. The molecule has 0 aromatic rings. The zero-order valence-corrected chi connectivity index (χ0v) is 16.6. The molecule has 0 unspecified atom stereocenters. The average Bonchev–Trinajstić information content (AvgIpc) is 2.88. The molecule has 2 aliphatic rings. The maximum Gasteiger partial charge on any atom is 0.302 e. The molecule has 25 heavy (non-hydrogen) atoms. The van der Waals surface area contributed by atoms with E-state index in [0.717, 1.165) is 44.1 Å². The first kappa shape index (κ1) is 20.0. The van der Waals surface area contributed by atoms with Gasteiger partial charge in [-0.3, -0.25) is 4.79 Å². The number of rotatable bonds is 3. The van der Waals surface area contributed by atoms with Crippen LogP contribution >= 0.6 is 0 Å². The summed E-state index contributed by atoms with van der Waals surface area (Å²) in [6, 6.07) is 0. The third kappa shape index (κ3) is 5.57. The number of fused-ring (bicyclic) bond motifs is 2. The molecule has 0 radical (unpaired) electrons. The molecule has 2 aliphatic heterocycles. The van der Waals surface area contributed by atoms with Gasteiger partial charge in [0, 0.05) is 6.92 Å². The fraction of sp³-hybridized carbons (Fsp3) is 0.682. The molecule has 3 heteroatoms. The summed E-state index contributed by atoms with van der Waals surface area (Å²) in [5.74, 6) is 0.166. The second-order valence-electron chi connectivity index (χ2n) is 8.18. The molecule has 3 nitrogen and oxygen atoms in total. The van der Waals surface area contributed by atoms with Crippen molar-refractivity contribution in [3.8, 4) is 0 Å². The second-order valence-corrected chi connectivity index (χ2v) is 8.18. The first-order valence-corrected chi connectivity index (χ1v) is 9.62. The third-order valence-electron chi connectivity index (χ3n) is 5.59. The van der Waals surface area contributed by atoms with E-state index in [-0.39, 0.29) is 17.2 Å². The molecule has 0 aromatic carbocycles. The van der Waals surface area contributed by atoms with Crippen LogP contribution in [0.3, 0.4) is 0 Å². The maximum absolute atomic E-state index is 11.2. The Balaban J connectivity index is 2.30. The van der Waals surface area contributed by atoms with Crippen LogP contribution in [0.5, 0.6) is 0 Å². The highest BCUT2D eigenvalue weighted by Gasteiger charge is 2.46. The van der Waals surface area contributed by atoms with Gasteiger partial charge in [-0.05, 0) is 63.9 Å².